The van der Waals surface area contributed by atoms with E-state index in [2.05, 4.69) is 5.16 Å². The Morgan fingerprint density at radius 2 is 1.90 bits per heavy atom. The van der Waals surface area contributed by atoms with Crippen LogP contribution >= 0.6 is 22.9 Å². The Morgan fingerprint density at radius 3 is 2.50 bits per heavy atom. The molecule has 0 aliphatic rings. The van der Waals surface area contributed by atoms with Crippen molar-refractivity contribution in [2.75, 3.05) is 5.73 Å². The Kier molecular flexibility index (Phi) is 3.28. The maximum Gasteiger partial charge on any atom is 0.230 e. The number of hydrogen-bond acceptors (Lipinski definition) is 4. The van der Waals surface area contributed by atoms with Crippen LogP contribution in [-0.2, 0) is 0 Å². The number of nitrogens with two attached hydrogens (primary N) is 1. The monoisotopic (exact) mass is 304 g/mol. The second-order valence-electron chi connectivity index (χ2n) is 4.70. The summed E-state index contributed by atoms with van der Waals surface area (Å²) in [7, 11) is 0. The summed E-state index contributed by atoms with van der Waals surface area (Å²) in [5.74, 6) is 0.311. The lowest BCUT2D eigenvalue weighted by Crippen LogP contribution is -1.87. The van der Waals surface area contributed by atoms with Gasteiger partial charge in [0.15, 0.2) is 0 Å². The lowest BCUT2D eigenvalue weighted by molar-refractivity contribution is 0.439. The fraction of sp³-hybridized carbons (Fsp3) is 0.133. The van der Waals surface area contributed by atoms with E-state index in [1.807, 2.05) is 43.5 Å². The van der Waals surface area contributed by atoms with Gasteiger partial charge in [0.25, 0.3) is 0 Å². The SMILES string of the molecule is Cc1ccc(-c2c(-c3scc(C)c3Cl)noc2N)cc1. The van der Waals surface area contributed by atoms with E-state index in [-0.39, 0.29) is 0 Å². The van der Waals surface area contributed by atoms with Crippen LogP contribution in [0.1, 0.15) is 11.1 Å². The average molecular weight is 305 g/mol. The maximum absolute atomic E-state index is 6.33. The van der Waals surface area contributed by atoms with Gasteiger partial charge in [-0.1, -0.05) is 46.6 Å². The molecule has 3 nitrogen and oxygen atoms in total. The van der Waals surface area contributed by atoms with Gasteiger partial charge in [-0.05, 0) is 30.4 Å². The molecule has 0 fully saturated rings. The molecule has 0 radical (unpaired) electrons. The lowest BCUT2D eigenvalue weighted by atomic mass is 10.0. The Labute approximate surface area is 126 Å². The van der Waals surface area contributed by atoms with Crippen molar-refractivity contribution in [2.45, 2.75) is 13.8 Å². The summed E-state index contributed by atoms with van der Waals surface area (Å²) >= 11 is 7.87. The van der Waals surface area contributed by atoms with Crippen molar-refractivity contribution in [3.8, 4) is 21.7 Å². The lowest BCUT2D eigenvalue weighted by Gasteiger charge is -2.02. The van der Waals surface area contributed by atoms with E-state index in [1.165, 1.54) is 5.56 Å². The topological polar surface area (TPSA) is 52.0 Å². The first-order chi connectivity index (χ1) is 9.58. The molecular formula is C15H13ClN2OS. The Morgan fingerprint density at radius 1 is 1.20 bits per heavy atom. The zero-order chi connectivity index (χ0) is 14.3. The van der Waals surface area contributed by atoms with Crippen LogP contribution in [0.4, 0.5) is 5.88 Å². The number of benzene rings is 1. The van der Waals surface area contributed by atoms with Crippen molar-refractivity contribution >= 4 is 28.8 Å². The number of halogens is 1. The zero-order valence-corrected chi connectivity index (χ0v) is 12.7. The molecule has 102 valence electrons. The molecule has 2 N–H and O–H groups in total. The van der Waals surface area contributed by atoms with E-state index in [0.717, 1.165) is 21.6 Å². The molecule has 0 atom stereocenters. The molecule has 5 heteroatoms. The minimum absolute atomic E-state index is 0.311. The molecule has 0 spiro atoms. The zero-order valence-electron chi connectivity index (χ0n) is 11.1. The quantitative estimate of drug-likeness (QED) is 0.731. The number of anilines is 1. The molecule has 0 bridgehead atoms. The van der Waals surface area contributed by atoms with Gasteiger partial charge in [0.2, 0.25) is 5.88 Å². The predicted molar refractivity (Wildman–Crippen MR) is 84.1 cm³/mol. The van der Waals surface area contributed by atoms with E-state index in [0.29, 0.717) is 16.6 Å². The third-order valence-corrected chi connectivity index (χ3v) is 4.88. The molecule has 0 aliphatic heterocycles. The fourth-order valence-corrected chi connectivity index (χ4v) is 3.32. The summed E-state index contributed by atoms with van der Waals surface area (Å²) in [6, 6.07) is 8.09. The number of hydrogen-bond donors (Lipinski definition) is 1. The summed E-state index contributed by atoms with van der Waals surface area (Å²) in [6.07, 6.45) is 0. The average Bonchev–Trinajstić information content (AvgIpc) is 2.96. The third kappa shape index (κ3) is 2.11. The number of nitrogens with zero attached hydrogens (tertiary/aromatic N) is 1. The largest absolute Gasteiger partial charge is 0.367 e. The fourth-order valence-electron chi connectivity index (χ4n) is 2.05. The van der Waals surface area contributed by atoms with Gasteiger partial charge in [-0.3, -0.25) is 0 Å². The molecule has 0 saturated carbocycles. The van der Waals surface area contributed by atoms with Gasteiger partial charge < -0.3 is 10.3 Å². The number of thiophene rings is 1. The van der Waals surface area contributed by atoms with Gasteiger partial charge in [0.05, 0.1) is 15.5 Å². The summed E-state index contributed by atoms with van der Waals surface area (Å²) in [5, 5.41) is 6.79. The first kappa shape index (κ1) is 13.2. The van der Waals surface area contributed by atoms with Gasteiger partial charge in [-0.2, -0.15) is 0 Å². The second-order valence-corrected chi connectivity index (χ2v) is 5.96. The molecule has 2 aromatic heterocycles. The van der Waals surface area contributed by atoms with Gasteiger partial charge in [0, 0.05) is 0 Å². The van der Waals surface area contributed by atoms with Crippen molar-refractivity contribution < 1.29 is 4.52 Å². The predicted octanol–water partition coefficient (Wildman–Crippen LogP) is 4.92. The van der Waals surface area contributed by atoms with E-state index >= 15 is 0 Å². The molecule has 20 heavy (non-hydrogen) atoms. The summed E-state index contributed by atoms with van der Waals surface area (Å²) < 4.78 is 5.17. The Balaban J connectivity index is 2.19. The van der Waals surface area contributed by atoms with Crippen LogP contribution in [0.2, 0.25) is 5.02 Å². The number of rotatable bonds is 2. The highest BCUT2D eigenvalue weighted by molar-refractivity contribution is 7.14. The van der Waals surface area contributed by atoms with Gasteiger partial charge in [-0.25, -0.2) is 0 Å². The van der Waals surface area contributed by atoms with E-state index in [4.69, 9.17) is 21.9 Å². The molecule has 0 unspecified atom stereocenters. The van der Waals surface area contributed by atoms with E-state index in [1.54, 1.807) is 11.3 Å². The molecule has 2 heterocycles. The van der Waals surface area contributed by atoms with Crippen LogP contribution in [0, 0.1) is 13.8 Å². The highest BCUT2D eigenvalue weighted by atomic mass is 35.5. The highest BCUT2D eigenvalue weighted by Crippen LogP contribution is 2.43. The second kappa shape index (κ2) is 4.96. The Hall–Kier alpha value is -1.78. The molecule has 0 aliphatic carbocycles. The standard InChI is InChI=1S/C15H13ClN2OS/c1-8-3-5-10(6-4-8)11-13(18-19-15(11)17)14-12(16)9(2)7-20-14/h3-7H,17H2,1-2H3. The van der Waals surface area contributed by atoms with Gasteiger partial charge in [0.1, 0.15) is 5.69 Å². The van der Waals surface area contributed by atoms with Crippen molar-refractivity contribution in [3.63, 3.8) is 0 Å². The van der Waals surface area contributed by atoms with Crippen LogP contribution in [-0.4, -0.2) is 5.16 Å². The molecular weight excluding hydrogens is 292 g/mol. The highest BCUT2D eigenvalue weighted by Gasteiger charge is 2.21. The van der Waals surface area contributed by atoms with Crippen LogP contribution in [0.15, 0.2) is 34.2 Å². The van der Waals surface area contributed by atoms with E-state index < -0.39 is 0 Å². The number of aromatic nitrogens is 1. The number of nitrogen functional groups attached to an aromatic ring is 1. The molecule has 0 amide bonds. The van der Waals surface area contributed by atoms with Gasteiger partial charge >= 0.3 is 0 Å². The maximum atomic E-state index is 6.33. The minimum atomic E-state index is 0.311. The smallest absolute Gasteiger partial charge is 0.230 e. The van der Waals surface area contributed by atoms with Crippen molar-refractivity contribution in [2.24, 2.45) is 0 Å². The molecule has 3 aromatic rings. The first-order valence-corrected chi connectivity index (χ1v) is 7.40. The van der Waals surface area contributed by atoms with Crippen molar-refractivity contribution in [1.82, 2.24) is 5.16 Å². The minimum Gasteiger partial charge on any atom is -0.367 e. The van der Waals surface area contributed by atoms with Crippen LogP contribution < -0.4 is 5.73 Å². The summed E-state index contributed by atoms with van der Waals surface area (Å²) in [6.45, 7) is 4.01. The van der Waals surface area contributed by atoms with E-state index in [9.17, 15) is 0 Å². The normalized spacial score (nSPS) is 10.9. The van der Waals surface area contributed by atoms with Crippen LogP contribution in [0.25, 0.3) is 21.7 Å². The number of aryl methyl sites for hydroxylation is 2. The van der Waals surface area contributed by atoms with Crippen LogP contribution in [0.3, 0.4) is 0 Å². The first-order valence-electron chi connectivity index (χ1n) is 6.14. The third-order valence-electron chi connectivity index (χ3n) is 3.17. The van der Waals surface area contributed by atoms with Crippen molar-refractivity contribution in [3.05, 3.63) is 45.8 Å². The van der Waals surface area contributed by atoms with Crippen LogP contribution in [0.5, 0.6) is 0 Å². The molecule has 0 saturated heterocycles. The summed E-state index contributed by atoms with van der Waals surface area (Å²) in [4.78, 5) is 0.889. The molecule has 3 rings (SSSR count). The van der Waals surface area contributed by atoms with Gasteiger partial charge in [-0.15, -0.1) is 11.3 Å². The summed E-state index contributed by atoms with van der Waals surface area (Å²) in [5.41, 5.74) is 10.6. The van der Waals surface area contributed by atoms with Crippen molar-refractivity contribution in [1.29, 1.82) is 0 Å². The Bertz CT molecular complexity index is 759. The molecule has 1 aromatic carbocycles.